The van der Waals surface area contributed by atoms with Crippen molar-refractivity contribution >= 4 is 44.7 Å². The van der Waals surface area contributed by atoms with Crippen molar-refractivity contribution in [3.05, 3.63) is 58.1 Å². The molecule has 0 saturated heterocycles. The lowest BCUT2D eigenvalue weighted by Crippen LogP contribution is -2.34. The molecule has 0 bridgehead atoms. The predicted molar refractivity (Wildman–Crippen MR) is 96.0 cm³/mol. The summed E-state index contributed by atoms with van der Waals surface area (Å²) in [7, 11) is -3.88. The number of benzene rings is 2. The van der Waals surface area contributed by atoms with E-state index in [2.05, 4.69) is 4.72 Å². The first-order valence-corrected chi connectivity index (χ1v) is 9.29. The van der Waals surface area contributed by atoms with Gasteiger partial charge in [-0.3, -0.25) is 4.79 Å². The third kappa shape index (κ3) is 4.48. The zero-order valence-electron chi connectivity index (χ0n) is 12.8. The summed E-state index contributed by atoms with van der Waals surface area (Å²) in [6, 6.07) is 10.5. The highest BCUT2D eigenvalue weighted by atomic mass is 35.5. The fourth-order valence-electron chi connectivity index (χ4n) is 2.11. The highest BCUT2D eigenvalue weighted by Crippen LogP contribution is 2.30. The van der Waals surface area contributed by atoms with Crippen LogP contribution in [0.4, 0.5) is 5.69 Å². The molecule has 0 saturated carbocycles. The van der Waals surface area contributed by atoms with E-state index in [-0.39, 0.29) is 32.8 Å². The van der Waals surface area contributed by atoms with Gasteiger partial charge in [0.05, 0.1) is 20.6 Å². The number of nitrogens with two attached hydrogens (primary N) is 1. The van der Waals surface area contributed by atoms with Crippen LogP contribution < -0.4 is 10.5 Å². The van der Waals surface area contributed by atoms with Gasteiger partial charge in [0.1, 0.15) is 0 Å². The maximum atomic E-state index is 12.4. The summed E-state index contributed by atoms with van der Waals surface area (Å²) in [5, 5.41) is 0.104. The minimum atomic E-state index is -3.88. The van der Waals surface area contributed by atoms with Crippen LogP contribution in [0, 0.1) is 0 Å². The minimum Gasteiger partial charge on any atom is -0.396 e. The Hall–Kier alpha value is -1.60. The topological polar surface area (TPSA) is 89.3 Å². The lowest BCUT2D eigenvalue weighted by Gasteiger charge is -2.14. The molecular formula is C16H16Cl2N2O3S. The van der Waals surface area contributed by atoms with Crippen molar-refractivity contribution in [3.63, 3.8) is 0 Å². The normalized spacial score (nSPS) is 12.8. The number of anilines is 1. The molecule has 8 heteroatoms. The smallest absolute Gasteiger partial charge is 0.240 e. The van der Waals surface area contributed by atoms with Gasteiger partial charge in [0.2, 0.25) is 10.0 Å². The molecular weight excluding hydrogens is 371 g/mol. The van der Waals surface area contributed by atoms with Crippen LogP contribution in [0.3, 0.4) is 0 Å². The third-order valence-electron chi connectivity index (χ3n) is 3.31. The lowest BCUT2D eigenvalue weighted by molar-refractivity contribution is 0.0975. The molecule has 0 fully saturated rings. The molecule has 0 spiro atoms. The second kappa shape index (κ2) is 7.53. The van der Waals surface area contributed by atoms with Crippen molar-refractivity contribution in [2.24, 2.45) is 0 Å². The molecule has 0 aliphatic carbocycles. The summed E-state index contributed by atoms with van der Waals surface area (Å²) in [6.07, 6.45) is 0.0275. The Morgan fingerprint density at radius 1 is 1.17 bits per heavy atom. The number of nitrogens with one attached hydrogen (secondary N) is 1. The molecule has 5 nitrogen and oxygen atoms in total. The van der Waals surface area contributed by atoms with E-state index in [1.54, 1.807) is 37.3 Å². The quantitative estimate of drug-likeness (QED) is 0.586. The Kier molecular flexibility index (Phi) is 5.87. The van der Waals surface area contributed by atoms with Gasteiger partial charge in [-0.25, -0.2) is 13.1 Å². The van der Waals surface area contributed by atoms with Crippen LogP contribution in [-0.2, 0) is 10.0 Å². The number of rotatable bonds is 6. The summed E-state index contributed by atoms with van der Waals surface area (Å²) < 4.78 is 27.2. The first-order chi connectivity index (χ1) is 11.2. The third-order valence-corrected chi connectivity index (χ3v) is 5.50. The zero-order valence-corrected chi connectivity index (χ0v) is 15.1. The van der Waals surface area contributed by atoms with E-state index in [0.29, 0.717) is 5.56 Å². The molecule has 0 amide bonds. The van der Waals surface area contributed by atoms with Gasteiger partial charge >= 0.3 is 0 Å². The van der Waals surface area contributed by atoms with Crippen LogP contribution in [0.15, 0.2) is 47.4 Å². The maximum absolute atomic E-state index is 12.4. The Bertz CT molecular complexity index is 832. The highest BCUT2D eigenvalue weighted by Gasteiger charge is 2.21. The number of nitrogen functional groups attached to an aromatic ring is 1. The van der Waals surface area contributed by atoms with Crippen LogP contribution in [0.25, 0.3) is 0 Å². The van der Waals surface area contributed by atoms with Crippen LogP contribution >= 0.6 is 23.2 Å². The van der Waals surface area contributed by atoms with Gasteiger partial charge < -0.3 is 5.73 Å². The van der Waals surface area contributed by atoms with Crippen LogP contribution in [-0.4, -0.2) is 20.2 Å². The molecule has 0 heterocycles. The molecule has 2 aromatic rings. The van der Waals surface area contributed by atoms with Gasteiger partial charge in [0.25, 0.3) is 0 Å². The second-order valence-electron chi connectivity index (χ2n) is 5.32. The Labute approximate surface area is 150 Å². The molecule has 0 aliphatic rings. The number of carbonyl (C=O) groups is 1. The number of Topliss-reactive ketones (excluding diaryl/α,β-unsaturated/α-hetero) is 1. The van der Waals surface area contributed by atoms with E-state index >= 15 is 0 Å². The summed E-state index contributed by atoms with van der Waals surface area (Å²) in [6.45, 7) is 1.61. The van der Waals surface area contributed by atoms with Crippen molar-refractivity contribution in [1.82, 2.24) is 4.72 Å². The van der Waals surface area contributed by atoms with Crippen molar-refractivity contribution in [2.75, 3.05) is 5.73 Å². The average Bonchev–Trinajstić information content (AvgIpc) is 2.52. The van der Waals surface area contributed by atoms with Crippen LogP contribution in [0.2, 0.25) is 10.0 Å². The maximum Gasteiger partial charge on any atom is 0.240 e. The first-order valence-electron chi connectivity index (χ1n) is 7.06. The van der Waals surface area contributed by atoms with Crippen molar-refractivity contribution in [2.45, 2.75) is 24.3 Å². The first kappa shape index (κ1) is 18.7. The Morgan fingerprint density at radius 3 is 2.25 bits per heavy atom. The predicted octanol–water partition coefficient (Wildman–Crippen LogP) is 3.52. The van der Waals surface area contributed by atoms with Gasteiger partial charge in [-0.1, -0.05) is 53.5 Å². The largest absolute Gasteiger partial charge is 0.396 e. The second-order valence-corrected chi connectivity index (χ2v) is 7.84. The van der Waals surface area contributed by atoms with Crippen molar-refractivity contribution in [1.29, 1.82) is 0 Å². The van der Waals surface area contributed by atoms with E-state index in [4.69, 9.17) is 28.9 Å². The SMILES string of the molecule is C[C@@H](CC(=O)c1ccccc1)NS(=O)(=O)c1cc(Cl)c(N)c(Cl)c1. The summed E-state index contributed by atoms with van der Waals surface area (Å²) >= 11 is 11.7. The molecule has 2 aromatic carbocycles. The highest BCUT2D eigenvalue weighted by molar-refractivity contribution is 7.89. The number of hydrogen-bond donors (Lipinski definition) is 2. The van der Waals surface area contributed by atoms with Gasteiger partial charge in [-0.15, -0.1) is 0 Å². The summed E-state index contributed by atoms with van der Waals surface area (Å²) in [4.78, 5) is 12.0. The van der Waals surface area contributed by atoms with Gasteiger partial charge in [-0.2, -0.15) is 0 Å². The molecule has 0 radical (unpaired) electrons. The molecule has 3 N–H and O–H groups in total. The number of carbonyl (C=O) groups excluding carboxylic acids is 1. The van der Waals surface area contributed by atoms with Gasteiger partial charge in [0.15, 0.2) is 5.78 Å². The molecule has 24 heavy (non-hydrogen) atoms. The minimum absolute atomic E-state index is 0.0275. The zero-order chi connectivity index (χ0) is 17.9. The Morgan fingerprint density at radius 2 is 1.71 bits per heavy atom. The van der Waals surface area contributed by atoms with Gasteiger partial charge in [-0.05, 0) is 19.1 Å². The molecule has 1 atom stereocenters. The van der Waals surface area contributed by atoms with E-state index in [9.17, 15) is 13.2 Å². The number of sulfonamides is 1. The molecule has 0 unspecified atom stereocenters. The van der Waals surface area contributed by atoms with Crippen molar-refractivity contribution in [3.8, 4) is 0 Å². The molecule has 128 valence electrons. The number of ketones is 1. The number of halogens is 2. The Balaban J connectivity index is 2.13. The molecule has 2 rings (SSSR count). The molecule has 0 aromatic heterocycles. The van der Waals surface area contributed by atoms with E-state index < -0.39 is 16.1 Å². The van der Waals surface area contributed by atoms with E-state index in [0.717, 1.165) is 0 Å². The standard InChI is InChI=1S/C16H16Cl2N2O3S/c1-10(7-15(21)11-5-3-2-4-6-11)20-24(22,23)12-8-13(17)16(19)14(18)9-12/h2-6,8-10,20H,7,19H2,1H3/t10-/m0/s1. The summed E-state index contributed by atoms with van der Waals surface area (Å²) in [5.74, 6) is -0.154. The summed E-state index contributed by atoms with van der Waals surface area (Å²) in [5.41, 5.74) is 6.25. The van der Waals surface area contributed by atoms with Gasteiger partial charge in [0, 0.05) is 18.0 Å². The number of hydrogen-bond acceptors (Lipinski definition) is 4. The molecule has 0 aliphatic heterocycles. The van der Waals surface area contributed by atoms with E-state index in [1.165, 1.54) is 12.1 Å². The average molecular weight is 387 g/mol. The van der Waals surface area contributed by atoms with E-state index in [1.807, 2.05) is 0 Å². The van der Waals surface area contributed by atoms with Crippen LogP contribution in [0.5, 0.6) is 0 Å². The van der Waals surface area contributed by atoms with Crippen molar-refractivity contribution < 1.29 is 13.2 Å². The fourth-order valence-corrected chi connectivity index (χ4v) is 4.02. The monoisotopic (exact) mass is 386 g/mol. The fraction of sp³-hybridized carbons (Fsp3) is 0.188. The van der Waals surface area contributed by atoms with Crippen LogP contribution in [0.1, 0.15) is 23.7 Å². The lowest BCUT2D eigenvalue weighted by atomic mass is 10.1.